The van der Waals surface area contributed by atoms with Crippen LogP contribution in [-0.4, -0.2) is 24.5 Å². The lowest BCUT2D eigenvalue weighted by molar-refractivity contribution is 0.245. The van der Waals surface area contributed by atoms with Crippen molar-refractivity contribution in [3.63, 3.8) is 0 Å². The highest BCUT2D eigenvalue weighted by molar-refractivity contribution is 5.21. The van der Waals surface area contributed by atoms with Crippen molar-refractivity contribution in [2.75, 3.05) is 19.6 Å². The zero-order valence-electron chi connectivity index (χ0n) is 8.13. The second-order valence-corrected chi connectivity index (χ2v) is 3.90. The van der Waals surface area contributed by atoms with Crippen molar-refractivity contribution in [2.45, 2.75) is 25.7 Å². The van der Waals surface area contributed by atoms with Crippen LogP contribution >= 0.6 is 0 Å². The summed E-state index contributed by atoms with van der Waals surface area (Å²) in [6.45, 7) is 3.77. The fourth-order valence-corrected chi connectivity index (χ4v) is 2.01. The van der Waals surface area contributed by atoms with Crippen molar-refractivity contribution in [1.82, 2.24) is 4.90 Å². The molecule has 0 amide bonds. The van der Waals surface area contributed by atoms with E-state index in [0.717, 1.165) is 6.42 Å². The summed E-state index contributed by atoms with van der Waals surface area (Å²) < 4.78 is 0. The van der Waals surface area contributed by atoms with Crippen molar-refractivity contribution in [2.24, 2.45) is 0 Å². The number of nitrogens with zero attached hydrogens (tertiary/aromatic N) is 1. The van der Waals surface area contributed by atoms with Gasteiger partial charge in [-0.25, -0.2) is 0 Å². The molecule has 0 unspecified atom stereocenters. The number of piperidine rings is 1. The molecular formula is C12H17N. The molecule has 0 bridgehead atoms. The maximum atomic E-state index is 3.11. The molecular weight excluding hydrogens is 158 g/mol. The van der Waals surface area contributed by atoms with E-state index in [-0.39, 0.29) is 0 Å². The van der Waals surface area contributed by atoms with Gasteiger partial charge in [0, 0.05) is 6.54 Å². The normalized spacial score (nSPS) is 23.2. The van der Waals surface area contributed by atoms with Crippen LogP contribution < -0.4 is 0 Å². The fraction of sp³-hybridized carbons (Fsp3) is 0.583. The molecule has 1 fully saturated rings. The van der Waals surface area contributed by atoms with Crippen LogP contribution in [0.1, 0.15) is 25.7 Å². The average molecular weight is 175 g/mol. The van der Waals surface area contributed by atoms with Gasteiger partial charge in [0.1, 0.15) is 0 Å². The molecule has 0 radical (unpaired) electrons. The van der Waals surface area contributed by atoms with Gasteiger partial charge in [-0.3, -0.25) is 4.90 Å². The number of rotatable bonds is 2. The zero-order valence-corrected chi connectivity index (χ0v) is 8.13. The van der Waals surface area contributed by atoms with Crippen LogP contribution in [0.3, 0.4) is 0 Å². The summed E-state index contributed by atoms with van der Waals surface area (Å²) in [5.74, 6) is 0. The van der Waals surface area contributed by atoms with Gasteiger partial charge in [0.2, 0.25) is 0 Å². The van der Waals surface area contributed by atoms with E-state index in [1.54, 1.807) is 5.57 Å². The summed E-state index contributed by atoms with van der Waals surface area (Å²) >= 11 is 0. The van der Waals surface area contributed by atoms with Gasteiger partial charge < -0.3 is 0 Å². The van der Waals surface area contributed by atoms with E-state index in [0.29, 0.717) is 0 Å². The lowest BCUT2D eigenvalue weighted by Gasteiger charge is -2.27. The molecule has 0 aromatic heterocycles. The van der Waals surface area contributed by atoms with Gasteiger partial charge in [0.05, 0.1) is 0 Å². The molecule has 70 valence electrons. The third-order valence-electron chi connectivity index (χ3n) is 2.77. The van der Waals surface area contributed by atoms with Crippen LogP contribution in [0.5, 0.6) is 0 Å². The standard InChI is InChI=1S/C12H17N/c1-3-7-12(8-4-1)11-13-9-5-2-6-10-13/h3-4,7H,2,5-6,8-11H2. The van der Waals surface area contributed by atoms with E-state index in [1.807, 2.05) is 6.08 Å². The second-order valence-electron chi connectivity index (χ2n) is 3.90. The van der Waals surface area contributed by atoms with Crippen molar-refractivity contribution in [1.29, 1.82) is 0 Å². The van der Waals surface area contributed by atoms with Gasteiger partial charge >= 0.3 is 0 Å². The molecule has 13 heavy (non-hydrogen) atoms. The highest BCUT2D eigenvalue weighted by Crippen LogP contribution is 2.13. The first-order valence-corrected chi connectivity index (χ1v) is 5.26. The molecule has 2 aliphatic rings. The molecule has 1 saturated heterocycles. The van der Waals surface area contributed by atoms with Crippen LogP contribution in [0.25, 0.3) is 0 Å². The van der Waals surface area contributed by atoms with Crippen LogP contribution in [0.15, 0.2) is 29.5 Å². The molecule has 0 N–H and O–H groups in total. The minimum Gasteiger partial charge on any atom is -0.299 e. The second kappa shape index (κ2) is 4.45. The first-order chi connectivity index (χ1) is 6.45. The summed E-state index contributed by atoms with van der Waals surface area (Å²) in [6, 6.07) is 0. The molecule has 0 saturated carbocycles. The van der Waals surface area contributed by atoms with E-state index in [9.17, 15) is 0 Å². The van der Waals surface area contributed by atoms with E-state index in [2.05, 4.69) is 22.8 Å². The largest absolute Gasteiger partial charge is 0.299 e. The molecule has 0 spiro atoms. The maximum absolute atomic E-state index is 3.11. The Balaban J connectivity index is 1.83. The Bertz CT molecular complexity index is 250. The van der Waals surface area contributed by atoms with Gasteiger partial charge in [-0.1, -0.05) is 18.1 Å². The van der Waals surface area contributed by atoms with Crippen LogP contribution in [0, 0.1) is 0 Å². The minimum atomic E-state index is 1.10. The summed E-state index contributed by atoms with van der Waals surface area (Å²) in [5, 5.41) is 0. The van der Waals surface area contributed by atoms with E-state index in [4.69, 9.17) is 0 Å². The van der Waals surface area contributed by atoms with Gasteiger partial charge in [-0.05, 0) is 44.5 Å². The Hall–Kier alpha value is -0.780. The van der Waals surface area contributed by atoms with Crippen LogP contribution in [-0.2, 0) is 0 Å². The SMILES string of the molecule is C1=CC=C(CN2CCCCC2)CC=1. The predicted molar refractivity (Wildman–Crippen MR) is 55.6 cm³/mol. The van der Waals surface area contributed by atoms with Crippen molar-refractivity contribution < 1.29 is 0 Å². The van der Waals surface area contributed by atoms with Gasteiger partial charge in [-0.15, -0.1) is 5.73 Å². The quantitative estimate of drug-likeness (QED) is 0.583. The first kappa shape index (κ1) is 8.80. The highest BCUT2D eigenvalue weighted by atomic mass is 15.1. The Morgan fingerprint density at radius 1 is 1.23 bits per heavy atom. The van der Waals surface area contributed by atoms with Crippen molar-refractivity contribution in [3.8, 4) is 0 Å². The minimum absolute atomic E-state index is 1.10. The highest BCUT2D eigenvalue weighted by Gasteiger charge is 2.10. The van der Waals surface area contributed by atoms with Crippen molar-refractivity contribution >= 4 is 0 Å². The molecule has 0 atom stereocenters. The molecule has 1 heterocycles. The topological polar surface area (TPSA) is 3.24 Å². The Kier molecular flexibility index (Phi) is 3.02. The smallest absolute Gasteiger partial charge is 0.0199 e. The summed E-state index contributed by atoms with van der Waals surface area (Å²) in [6.07, 6.45) is 11.7. The van der Waals surface area contributed by atoms with E-state index < -0.39 is 0 Å². The molecule has 2 rings (SSSR count). The number of allylic oxidation sites excluding steroid dienone is 2. The maximum Gasteiger partial charge on any atom is 0.0199 e. The molecule has 0 aromatic rings. The zero-order chi connectivity index (χ0) is 8.93. The molecule has 1 aliphatic heterocycles. The van der Waals surface area contributed by atoms with Crippen LogP contribution in [0.4, 0.5) is 0 Å². The number of likely N-dealkylation sites (tertiary alicyclic amines) is 1. The van der Waals surface area contributed by atoms with Gasteiger partial charge in [0.25, 0.3) is 0 Å². The lowest BCUT2D eigenvalue weighted by Crippen LogP contribution is -2.31. The van der Waals surface area contributed by atoms with Gasteiger partial charge in [-0.2, -0.15) is 0 Å². The van der Waals surface area contributed by atoms with Crippen molar-refractivity contribution in [3.05, 3.63) is 29.5 Å². The average Bonchev–Trinajstić information content (AvgIpc) is 2.21. The molecule has 1 aliphatic carbocycles. The third kappa shape index (κ3) is 2.58. The Morgan fingerprint density at radius 3 is 2.77 bits per heavy atom. The third-order valence-corrected chi connectivity index (χ3v) is 2.77. The monoisotopic (exact) mass is 175 g/mol. The first-order valence-electron chi connectivity index (χ1n) is 5.26. The lowest BCUT2D eigenvalue weighted by atomic mass is 10.1. The predicted octanol–water partition coefficient (Wildman–Crippen LogP) is 2.51. The summed E-state index contributed by atoms with van der Waals surface area (Å²) in [4.78, 5) is 2.57. The summed E-state index contributed by atoms with van der Waals surface area (Å²) in [7, 11) is 0. The Labute approximate surface area is 80.4 Å². The van der Waals surface area contributed by atoms with E-state index in [1.165, 1.54) is 38.9 Å². The summed E-state index contributed by atoms with van der Waals surface area (Å²) in [5.41, 5.74) is 4.65. The molecule has 0 aromatic carbocycles. The molecule has 1 nitrogen and oxygen atoms in total. The number of hydrogen-bond donors (Lipinski definition) is 0. The van der Waals surface area contributed by atoms with Crippen LogP contribution in [0.2, 0.25) is 0 Å². The van der Waals surface area contributed by atoms with Gasteiger partial charge in [0.15, 0.2) is 0 Å². The fourth-order valence-electron chi connectivity index (χ4n) is 2.01. The Morgan fingerprint density at radius 2 is 2.08 bits per heavy atom. The van der Waals surface area contributed by atoms with E-state index >= 15 is 0 Å². The molecule has 1 heteroatoms. The number of hydrogen-bond acceptors (Lipinski definition) is 1.